The molecule has 3 rings (SSSR count). The third-order valence-corrected chi connectivity index (χ3v) is 3.48. The van der Waals surface area contributed by atoms with E-state index in [-0.39, 0.29) is 11.9 Å². The fourth-order valence-corrected chi connectivity index (χ4v) is 2.36. The molecular weight excluding hydrogens is 272 g/mol. The van der Waals surface area contributed by atoms with Crippen LogP contribution in [0.2, 0.25) is 0 Å². The molecule has 2 aromatic rings. The molecule has 0 radical (unpaired) electrons. The summed E-state index contributed by atoms with van der Waals surface area (Å²) in [5.74, 6) is 0.963. The second-order valence-corrected chi connectivity index (χ2v) is 5.13. The highest BCUT2D eigenvalue weighted by molar-refractivity contribution is 5.76. The molecular formula is C14H18N4O3. The molecule has 0 aliphatic carbocycles. The van der Waals surface area contributed by atoms with Crippen molar-refractivity contribution in [2.45, 2.75) is 31.7 Å². The predicted octanol–water partition coefficient (Wildman–Crippen LogP) is 1.13. The smallest absolute Gasteiger partial charge is 0.227 e. The lowest BCUT2D eigenvalue weighted by Crippen LogP contribution is -2.45. The van der Waals surface area contributed by atoms with Crippen molar-refractivity contribution in [2.75, 3.05) is 13.1 Å². The Hall–Kier alpha value is -2.15. The van der Waals surface area contributed by atoms with Gasteiger partial charge in [-0.3, -0.25) is 4.79 Å². The monoisotopic (exact) mass is 290 g/mol. The van der Waals surface area contributed by atoms with Gasteiger partial charge in [-0.05, 0) is 25.5 Å². The average molecular weight is 290 g/mol. The van der Waals surface area contributed by atoms with E-state index >= 15 is 0 Å². The van der Waals surface area contributed by atoms with Crippen LogP contribution < -0.4 is 10.6 Å². The minimum absolute atomic E-state index is 0.0201. The lowest BCUT2D eigenvalue weighted by atomic mass is 10.1. The van der Waals surface area contributed by atoms with E-state index in [4.69, 9.17) is 8.94 Å². The van der Waals surface area contributed by atoms with Crippen molar-refractivity contribution in [3.8, 4) is 11.4 Å². The zero-order chi connectivity index (χ0) is 14.5. The van der Waals surface area contributed by atoms with Crippen molar-refractivity contribution in [1.29, 1.82) is 0 Å². The summed E-state index contributed by atoms with van der Waals surface area (Å²) >= 11 is 0. The fourth-order valence-electron chi connectivity index (χ4n) is 2.36. The SMILES string of the molecule is O=C(CCc1nc(-c2ccoc2)no1)N[C@H]1CCCNC1. The highest BCUT2D eigenvalue weighted by Crippen LogP contribution is 2.16. The Morgan fingerprint density at radius 3 is 3.24 bits per heavy atom. The van der Waals surface area contributed by atoms with Gasteiger partial charge in [-0.15, -0.1) is 0 Å². The quantitative estimate of drug-likeness (QED) is 0.857. The molecule has 0 bridgehead atoms. The average Bonchev–Trinajstić information content (AvgIpc) is 3.17. The molecule has 112 valence electrons. The van der Waals surface area contributed by atoms with Crippen molar-refractivity contribution in [1.82, 2.24) is 20.8 Å². The van der Waals surface area contributed by atoms with Gasteiger partial charge in [-0.2, -0.15) is 4.98 Å². The van der Waals surface area contributed by atoms with Gasteiger partial charge in [-0.1, -0.05) is 5.16 Å². The Bertz CT molecular complexity index is 573. The first kappa shape index (κ1) is 13.8. The van der Waals surface area contributed by atoms with Gasteiger partial charge in [0.1, 0.15) is 6.26 Å². The van der Waals surface area contributed by atoms with Gasteiger partial charge in [0.15, 0.2) is 0 Å². The van der Waals surface area contributed by atoms with Crippen LogP contribution in [0.4, 0.5) is 0 Å². The molecule has 1 saturated heterocycles. The molecule has 7 heteroatoms. The van der Waals surface area contributed by atoms with Gasteiger partial charge < -0.3 is 19.6 Å². The molecule has 7 nitrogen and oxygen atoms in total. The zero-order valence-electron chi connectivity index (χ0n) is 11.7. The van der Waals surface area contributed by atoms with Crippen LogP contribution in [0, 0.1) is 0 Å². The molecule has 1 amide bonds. The van der Waals surface area contributed by atoms with Crippen LogP contribution in [0.5, 0.6) is 0 Å². The molecule has 3 heterocycles. The minimum Gasteiger partial charge on any atom is -0.472 e. The third kappa shape index (κ3) is 3.69. The zero-order valence-corrected chi connectivity index (χ0v) is 11.7. The van der Waals surface area contributed by atoms with Gasteiger partial charge in [0.2, 0.25) is 17.6 Å². The number of aryl methyl sites for hydroxylation is 1. The maximum absolute atomic E-state index is 11.9. The number of nitrogens with one attached hydrogen (secondary N) is 2. The molecule has 21 heavy (non-hydrogen) atoms. The summed E-state index contributed by atoms with van der Waals surface area (Å²) in [4.78, 5) is 16.1. The maximum Gasteiger partial charge on any atom is 0.227 e. The van der Waals surface area contributed by atoms with Crippen molar-refractivity contribution in [2.24, 2.45) is 0 Å². The molecule has 1 atom stereocenters. The Labute approximate surface area is 122 Å². The number of amides is 1. The van der Waals surface area contributed by atoms with Gasteiger partial charge in [0.05, 0.1) is 11.8 Å². The summed E-state index contributed by atoms with van der Waals surface area (Å²) in [6, 6.07) is 1.99. The van der Waals surface area contributed by atoms with Crippen LogP contribution in [-0.4, -0.2) is 35.2 Å². The summed E-state index contributed by atoms with van der Waals surface area (Å²) in [5, 5.41) is 10.2. The number of hydrogen-bond acceptors (Lipinski definition) is 6. The molecule has 0 spiro atoms. The predicted molar refractivity (Wildman–Crippen MR) is 74.4 cm³/mol. The van der Waals surface area contributed by atoms with Crippen molar-refractivity contribution < 1.29 is 13.7 Å². The topological polar surface area (TPSA) is 93.2 Å². The van der Waals surface area contributed by atoms with Crippen LogP contribution in [0.15, 0.2) is 27.5 Å². The van der Waals surface area contributed by atoms with E-state index in [0.29, 0.717) is 24.6 Å². The highest BCUT2D eigenvalue weighted by atomic mass is 16.5. The van der Waals surface area contributed by atoms with Gasteiger partial charge >= 0.3 is 0 Å². The molecule has 1 aliphatic rings. The lowest BCUT2D eigenvalue weighted by molar-refractivity contribution is -0.121. The van der Waals surface area contributed by atoms with Crippen LogP contribution in [0.3, 0.4) is 0 Å². The van der Waals surface area contributed by atoms with Crippen molar-refractivity contribution in [3.63, 3.8) is 0 Å². The summed E-state index contributed by atoms with van der Waals surface area (Å²) in [6.07, 6.45) is 6.03. The molecule has 2 aromatic heterocycles. The first-order chi connectivity index (χ1) is 10.3. The van der Waals surface area contributed by atoms with E-state index in [9.17, 15) is 4.79 Å². The fraction of sp³-hybridized carbons (Fsp3) is 0.500. The van der Waals surface area contributed by atoms with E-state index < -0.39 is 0 Å². The summed E-state index contributed by atoms with van der Waals surface area (Å²) in [5.41, 5.74) is 0.766. The molecule has 2 N–H and O–H groups in total. The van der Waals surface area contributed by atoms with Crippen LogP contribution in [0.1, 0.15) is 25.2 Å². The summed E-state index contributed by atoms with van der Waals surface area (Å²) in [6.45, 7) is 1.88. The molecule has 0 saturated carbocycles. The Kier molecular flexibility index (Phi) is 4.30. The normalized spacial score (nSPS) is 18.6. The third-order valence-electron chi connectivity index (χ3n) is 3.48. The lowest BCUT2D eigenvalue weighted by Gasteiger charge is -2.23. The first-order valence-corrected chi connectivity index (χ1v) is 7.16. The molecule has 0 aromatic carbocycles. The number of piperidine rings is 1. The number of aromatic nitrogens is 2. The molecule has 1 fully saturated rings. The maximum atomic E-state index is 11.9. The van der Waals surface area contributed by atoms with Crippen molar-refractivity contribution in [3.05, 3.63) is 24.5 Å². The number of nitrogens with zero attached hydrogens (tertiary/aromatic N) is 2. The summed E-state index contributed by atoms with van der Waals surface area (Å²) < 4.78 is 10.1. The number of carbonyl (C=O) groups excluding carboxylic acids is 1. The van der Waals surface area contributed by atoms with Crippen molar-refractivity contribution >= 4 is 5.91 Å². The van der Waals surface area contributed by atoms with Crippen LogP contribution >= 0.6 is 0 Å². The van der Waals surface area contributed by atoms with E-state index in [1.54, 1.807) is 18.6 Å². The second kappa shape index (κ2) is 6.53. The van der Waals surface area contributed by atoms with Crippen LogP contribution in [-0.2, 0) is 11.2 Å². The summed E-state index contributed by atoms with van der Waals surface area (Å²) in [7, 11) is 0. The number of hydrogen-bond donors (Lipinski definition) is 2. The molecule has 1 aliphatic heterocycles. The highest BCUT2D eigenvalue weighted by Gasteiger charge is 2.16. The number of rotatable bonds is 5. The standard InChI is InChI=1S/C14H18N4O3/c19-12(16-11-2-1-6-15-8-11)3-4-13-17-14(18-21-13)10-5-7-20-9-10/h5,7,9,11,15H,1-4,6,8H2,(H,16,19)/t11-/m0/s1. The van der Waals surface area contributed by atoms with E-state index in [1.165, 1.54) is 0 Å². The van der Waals surface area contributed by atoms with E-state index in [2.05, 4.69) is 20.8 Å². The Balaban J connectivity index is 1.47. The van der Waals surface area contributed by atoms with Gasteiger partial charge in [-0.25, -0.2) is 0 Å². The van der Waals surface area contributed by atoms with Crippen LogP contribution in [0.25, 0.3) is 11.4 Å². The van der Waals surface area contributed by atoms with Gasteiger partial charge in [0, 0.05) is 25.4 Å². The minimum atomic E-state index is 0.0201. The first-order valence-electron chi connectivity index (χ1n) is 7.16. The Morgan fingerprint density at radius 1 is 1.52 bits per heavy atom. The molecule has 0 unspecified atom stereocenters. The largest absolute Gasteiger partial charge is 0.472 e. The van der Waals surface area contributed by atoms with E-state index in [0.717, 1.165) is 31.5 Å². The Morgan fingerprint density at radius 2 is 2.48 bits per heavy atom. The number of carbonyl (C=O) groups is 1. The number of furan rings is 1. The van der Waals surface area contributed by atoms with E-state index in [1.807, 2.05) is 0 Å². The second-order valence-electron chi connectivity index (χ2n) is 5.13. The van der Waals surface area contributed by atoms with Gasteiger partial charge in [0.25, 0.3) is 0 Å².